The molecule has 2 aliphatic rings. The van der Waals surface area contributed by atoms with Crippen LogP contribution in [0.25, 0.3) is 0 Å². The number of nitrogens with one attached hydrogen (secondary N) is 1. The number of fused-ring (bicyclic) bond motifs is 2. The van der Waals surface area contributed by atoms with Crippen molar-refractivity contribution in [2.45, 2.75) is 12.3 Å². The van der Waals surface area contributed by atoms with Crippen molar-refractivity contribution in [3.63, 3.8) is 0 Å². The van der Waals surface area contributed by atoms with Crippen LogP contribution >= 0.6 is 0 Å². The molecule has 86 valence electrons. The Morgan fingerprint density at radius 3 is 2.88 bits per heavy atom. The van der Waals surface area contributed by atoms with Gasteiger partial charge in [-0.05, 0) is 23.8 Å². The Morgan fingerprint density at radius 2 is 2.12 bits per heavy atom. The van der Waals surface area contributed by atoms with Crippen molar-refractivity contribution in [1.82, 2.24) is 5.32 Å². The Kier molecular flexibility index (Phi) is 2.35. The molecule has 0 atom stereocenters. The molecule has 0 unspecified atom stereocenters. The number of benzene rings is 1. The number of hydrogen-bond donors (Lipinski definition) is 1. The molecule has 0 amide bonds. The Labute approximate surface area is 94.5 Å². The van der Waals surface area contributed by atoms with E-state index in [0.29, 0.717) is 19.8 Å². The van der Waals surface area contributed by atoms with Crippen molar-refractivity contribution < 1.29 is 14.2 Å². The van der Waals surface area contributed by atoms with Crippen molar-refractivity contribution in [2.24, 2.45) is 0 Å². The largest absolute Gasteiger partial charge is 0.497 e. The number of methoxy groups -OCH3 is 1. The SMILES string of the molecule is COc1ccc2c(c1)CNCC21OCCO1. The van der Waals surface area contributed by atoms with E-state index in [2.05, 4.69) is 5.32 Å². The van der Waals surface area contributed by atoms with E-state index in [1.54, 1.807) is 7.11 Å². The first-order valence-corrected chi connectivity index (χ1v) is 5.50. The summed E-state index contributed by atoms with van der Waals surface area (Å²) in [7, 11) is 1.68. The van der Waals surface area contributed by atoms with E-state index in [9.17, 15) is 0 Å². The third-order valence-corrected chi connectivity index (χ3v) is 3.15. The monoisotopic (exact) mass is 221 g/mol. The van der Waals surface area contributed by atoms with Crippen LogP contribution in [-0.2, 0) is 21.8 Å². The summed E-state index contributed by atoms with van der Waals surface area (Å²) < 4.78 is 16.7. The normalized spacial score (nSPS) is 22.1. The van der Waals surface area contributed by atoms with Gasteiger partial charge in [0.05, 0.1) is 26.9 Å². The van der Waals surface area contributed by atoms with Gasteiger partial charge in [0.2, 0.25) is 5.79 Å². The molecule has 0 bridgehead atoms. The second kappa shape index (κ2) is 3.73. The molecule has 2 heterocycles. The van der Waals surface area contributed by atoms with Crippen molar-refractivity contribution >= 4 is 0 Å². The molecule has 4 heteroatoms. The molecule has 1 fully saturated rings. The van der Waals surface area contributed by atoms with Crippen molar-refractivity contribution in [3.05, 3.63) is 29.3 Å². The highest BCUT2D eigenvalue weighted by Crippen LogP contribution is 2.37. The summed E-state index contributed by atoms with van der Waals surface area (Å²) in [6.07, 6.45) is 0. The van der Waals surface area contributed by atoms with E-state index in [0.717, 1.165) is 17.9 Å². The van der Waals surface area contributed by atoms with Gasteiger partial charge in [-0.15, -0.1) is 0 Å². The summed E-state index contributed by atoms with van der Waals surface area (Å²) in [6, 6.07) is 6.03. The highest BCUT2D eigenvalue weighted by atomic mass is 16.7. The highest BCUT2D eigenvalue weighted by molar-refractivity contribution is 5.40. The maximum absolute atomic E-state index is 5.76. The fraction of sp³-hybridized carbons (Fsp3) is 0.500. The summed E-state index contributed by atoms with van der Waals surface area (Å²) in [5.74, 6) is 0.301. The van der Waals surface area contributed by atoms with Gasteiger partial charge >= 0.3 is 0 Å². The van der Waals surface area contributed by atoms with Gasteiger partial charge in [-0.25, -0.2) is 0 Å². The summed E-state index contributed by atoms with van der Waals surface area (Å²) in [6.45, 7) is 2.87. The first kappa shape index (κ1) is 10.1. The fourth-order valence-electron chi connectivity index (χ4n) is 2.38. The van der Waals surface area contributed by atoms with E-state index in [1.807, 2.05) is 18.2 Å². The van der Waals surface area contributed by atoms with Crippen LogP contribution in [0.5, 0.6) is 5.75 Å². The summed E-state index contributed by atoms with van der Waals surface area (Å²) in [5.41, 5.74) is 2.32. The fourth-order valence-corrected chi connectivity index (χ4v) is 2.38. The highest BCUT2D eigenvalue weighted by Gasteiger charge is 2.42. The molecule has 3 rings (SSSR count). The number of hydrogen-bond acceptors (Lipinski definition) is 4. The van der Waals surface area contributed by atoms with Crippen LogP contribution in [0.3, 0.4) is 0 Å². The predicted octanol–water partition coefficient (Wildman–Crippen LogP) is 0.998. The second-order valence-electron chi connectivity index (χ2n) is 4.08. The first-order chi connectivity index (χ1) is 7.84. The van der Waals surface area contributed by atoms with E-state index in [-0.39, 0.29) is 0 Å². The minimum atomic E-state index is -0.570. The summed E-state index contributed by atoms with van der Waals surface area (Å²) in [4.78, 5) is 0. The summed E-state index contributed by atoms with van der Waals surface area (Å²) in [5, 5.41) is 3.32. The maximum Gasteiger partial charge on any atom is 0.208 e. The summed E-state index contributed by atoms with van der Waals surface area (Å²) >= 11 is 0. The third-order valence-electron chi connectivity index (χ3n) is 3.15. The third kappa shape index (κ3) is 1.42. The van der Waals surface area contributed by atoms with Gasteiger partial charge < -0.3 is 19.5 Å². The van der Waals surface area contributed by atoms with Gasteiger partial charge in [-0.1, -0.05) is 0 Å². The van der Waals surface area contributed by atoms with Gasteiger partial charge in [-0.2, -0.15) is 0 Å². The van der Waals surface area contributed by atoms with Crippen molar-refractivity contribution in [3.8, 4) is 5.75 Å². The average Bonchev–Trinajstić information content (AvgIpc) is 2.78. The van der Waals surface area contributed by atoms with Crippen LogP contribution < -0.4 is 10.1 Å². The zero-order valence-electron chi connectivity index (χ0n) is 9.29. The van der Waals surface area contributed by atoms with Crippen LogP contribution in [0.1, 0.15) is 11.1 Å². The molecule has 0 aliphatic carbocycles. The molecular formula is C12H15NO3. The van der Waals surface area contributed by atoms with Gasteiger partial charge in [0, 0.05) is 12.1 Å². The lowest BCUT2D eigenvalue weighted by atomic mass is 9.95. The van der Waals surface area contributed by atoms with E-state index >= 15 is 0 Å². The molecule has 0 aromatic heterocycles. The first-order valence-electron chi connectivity index (χ1n) is 5.50. The van der Waals surface area contributed by atoms with Crippen molar-refractivity contribution in [2.75, 3.05) is 26.9 Å². The van der Waals surface area contributed by atoms with Crippen molar-refractivity contribution in [1.29, 1.82) is 0 Å². The standard InChI is InChI=1S/C12H15NO3/c1-14-10-2-3-11-9(6-10)7-13-8-12(11)15-4-5-16-12/h2-3,6,13H,4-5,7-8H2,1H3. The van der Waals surface area contributed by atoms with Gasteiger partial charge in [0.25, 0.3) is 0 Å². The molecule has 1 saturated heterocycles. The zero-order chi connectivity index (χ0) is 11.0. The maximum atomic E-state index is 5.76. The molecule has 16 heavy (non-hydrogen) atoms. The van der Waals surface area contributed by atoms with Gasteiger partial charge in [0.15, 0.2) is 0 Å². The Morgan fingerprint density at radius 1 is 1.31 bits per heavy atom. The Bertz CT molecular complexity index is 399. The lowest BCUT2D eigenvalue weighted by Gasteiger charge is -2.34. The second-order valence-corrected chi connectivity index (χ2v) is 4.08. The van der Waals surface area contributed by atoms with Gasteiger partial charge in [-0.3, -0.25) is 0 Å². The molecule has 2 aliphatic heterocycles. The topological polar surface area (TPSA) is 39.7 Å². The van der Waals surface area contributed by atoms with Crippen LogP contribution in [0, 0.1) is 0 Å². The smallest absolute Gasteiger partial charge is 0.208 e. The molecule has 4 nitrogen and oxygen atoms in total. The van der Waals surface area contributed by atoms with Gasteiger partial charge in [0.1, 0.15) is 5.75 Å². The van der Waals surface area contributed by atoms with E-state index < -0.39 is 5.79 Å². The molecule has 1 aromatic rings. The average molecular weight is 221 g/mol. The van der Waals surface area contributed by atoms with Crippen LogP contribution in [-0.4, -0.2) is 26.9 Å². The lowest BCUT2D eigenvalue weighted by molar-refractivity contribution is -0.166. The predicted molar refractivity (Wildman–Crippen MR) is 58.3 cm³/mol. The lowest BCUT2D eigenvalue weighted by Crippen LogP contribution is -2.44. The van der Waals surface area contributed by atoms with Crippen LogP contribution in [0.15, 0.2) is 18.2 Å². The molecule has 1 spiro atoms. The molecule has 1 aromatic carbocycles. The quantitative estimate of drug-likeness (QED) is 0.768. The molecule has 0 saturated carbocycles. The minimum absolute atomic E-state index is 0.570. The van der Waals surface area contributed by atoms with E-state index in [1.165, 1.54) is 5.56 Å². The van der Waals surface area contributed by atoms with E-state index in [4.69, 9.17) is 14.2 Å². The number of ether oxygens (including phenoxy) is 3. The van der Waals surface area contributed by atoms with Crippen LogP contribution in [0.4, 0.5) is 0 Å². The minimum Gasteiger partial charge on any atom is -0.497 e. The molecule has 1 N–H and O–H groups in total. The molecule has 0 radical (unpaired) electrons. The number of rotatable bonds is 1. The zero-order valence-corrected chi connectivity index (χ0v) is 9.29. The Balaban J connectivity index is 2.05. The van der Waals surface area contributed by atoms with Crippen LogP contribution in [0.2, 0.25) is 0 Å². The Hall–Kier alpha value is -1.10. The molecular weight excluding hydrogens is 206 g/mol.